The average Bonchev–Trinajstić information content (AvgIpc) is 2.65. The summed E-state index contributed by atoms with van der Waals surface area (Å²) in [6, 6.07) is 4.51. The smallest absolute Gasteiger partial charge is 0.142 e. The Morgan fingerprint density at radius 2 is 2.07 bits per heavy atom. The number of fused-ring (bicyclic) bond motifs is 3. The molecule has 1 aliphatic heterocycles. The van der Waals surface area contributed by atoms with Gasteiger partial charge in [0.15, 0.2) is 0 Å². The Hall–Kier alpha value is -1.02. The number of nitrogens with zero attached hydrogens (tertiary/aromatic N) is 1. The average molecular weight is 189 g/mol. The van der Waals surface area contributed by atoms with Gasteiger partial charge < -0.3 is 4.74 Å². The lowest BCUT2D eigenvalue weighted by Gasteiger charge is -2.27. The van der Waals surface area contributed by atoms with Crippen molar-refractivity contribution in [3.8, 4) is 5.75 Å². The lowest BCUT2D eigenvalue weighted by atomic mass is 10.0. The van der Waals surface area contributed by atoms with E-state index in [0.29, 0.717) is 0 Å². The molecule has 2 nitrogen and oxygen atoms in total. The van der Waals surface area contributed by atoms with Crippen LogP contribution in [0.2, 0.25) is 0 Å². The molecule has 0 atom stereocenters. The molecule has 1 heterocycles. The van der Waals surface area contributed by atoms with Gasteiger partial charge in [-0.3, -0.25) is 4.90 Å². The van der Waals surface area contributed by atoms with Crippen LogP contribution in [-0.2, 0) is 19.4 Å². The molecule has 0 saturated carbocycles. The summed E-state index contributed by atoms with van der Waals surface area (Å²) in [5.74, 6) is 1.19. The van der Waals surface area contributed by atoms with Gasteiger partial charge in [0.25, 0.3) is 0 Å². The van der Waals surface area contributed by atoms with Crippen LogP contribution in [0.1, 0.15) is 23.1 Å². The van der Waals surface area contributed by atoms with Crippen LogP contribution in [0.4, 0.5) is 0 Å². The molecular weight excluding hydrogens is 174 g/mol. The third kappa shape index (κ3) is 1.14. The van der Waals surface area contributed by atoms with Gasteiger partial charge in [0.2, 0.25) is 0 Å². The molecule has 74 valence electrons. The van der Waals surface area contributed by atoms with Gasteiger partial charge in [0.1, 0.15) is 12.5 Å². The Labute approximate surface area is 84.5 Å². The van der Waals surface area contributed by atoms with E-state index in [-0.39, 0.29) is 0 Å². The molecule has 14 heavy (non-hydrogen) atoms. The van der Waals surface area contributed by atoms with Crippen molar-refractivity contribution in [3.05, 3.63) is 28.8 Å². The van der Waals surface area contributed by atoms with Gasteiger partial charge in [-0.25, -0.2) is 0 Å². The van der Waals surface area contributed by atoms with Crippen molar-refractivity contribution >= 4 is 0 Å². The van der Waals surface area contributed by atoms with Crippen LogP contribution in [0.5, 0.6) is 5.75 Å². The fourth-order valence-corrected chi connectivity index (χ4v) is 2.50. The molecule has 0 bridgehead atoms. The Bertz CT molecular complexity index is 373. The number of ether oxygens (including phenoxy) is 1. The van der Waals surface area contributed by atoms with Crippen LogP contribution in [0.15, 0.2) is 12.1 Å². The van der Waals surface area contributed by atoms with Gasteiger partial charge in [0, 0.05) is 12.1 Å². The van der Waals surface area contributed by atoms with Crippen LogP contribution in [0, 0.1) is 0 Å². The number of rotatable bonds is 0. The second kappa shape index (κ2) is 2.99. The zero-order valence-corrected chi connectivity index (χ0v) is 8.55. The van der Waals surface area contributed by atoms with E-state index in [4.69, 9.17) is 4.74 Å². The molecule has 2 heteroatoms. The molecule has 3 rings (SSSR count). The topological polar surface area (TPSA) is 12.5 Å². The summed E-state index contributed by atoms with van der Waals surface area (Å²) >= 11 is 0. The Morgan fingerprint density at radius 1 is 1.21 bits per heavy atom. The van der Waals surface area contributed by atoms with E-state index in [2.05, 4.69) is 24.1 Å². The van der Waals surface area contributed by atoms with Gasteiger partial charge in [-0.1, -0.05) is 12.1 Å². The third-order valence-corrected chi connectivity index (χ3v) is 3.18. The highest BCUT2D eigenvalue weighted by molar-refractivity contribution is 5.49. The Balaban J connectivity index is 2.10. The summed E-state index contributed by atoms with van der Waals surface area (Å²) in [5, 5.41) is 0. The van der Waals surface area contributed by atoms with Gasteiger partial charge >= 0.3 is 0 Å². The lowest BCUT2D eigenvalue weighted by Crippen LogP contribution is -2.28. The molecule has 0 aromatic heterocycles. The van der Waals surface area contributed by atoms with Gasteiger partial charge in [-0.2, -0.15) is 0 Å². The van der Waals surface area contributed by atoms with E-state index in [1.54, 1.807) is 0 Å². The van der Waals surface area contributed by atoms with Crippen molar-refractivity contribution in [2.24, 2.45) is 0 Å². The predicted molar refractivity (Wildman–Crippen MR) is 55.4 cm³/mol. The van der Waals surface area contributed by atoms with Crippen molar-refractivity contribution in [3.63, 3.8) is 0 Å². The molecule has 0 amide bonds. The van der Waals surface area contributed by atoms with E-state index in [9.17, 15) is 0 Å². The Morgan fingerprint density at radius 3 is 3.00 bits per heavy atom. The molecule has 2 aliphatic rings. The molecule has 0 radical (unpaired) electrons. The largest absolute Gasteiger partial charge is 0.478 e. The van der Waals surface area contributed by atoms with Crippen molar-refractivity contribution in [2.45, 2.75) is 25.8 Å². The van der Waals surface area contributed by atoms with E-state index >= 15 is 0 Å². The van der Waals surface area contributed by atoms with Crippen molar-refractivity contribution in [2.75, 3.05) is 13.8 Å². The van der Waals surface area contributed by atoms with Crippen LogP contribution in [-0.4, -0.2) is 18.7 Å². The third-order valence-electron chi connectivity index (χ3n) is 3.18. The quantitative estimate of drug-likeness (QED) is 0.618. The molecule has 0 spiro atoms. The first kappa shape index (κ1) is 8.30. The lowest BCUT2D eigenvalue weighted by molar-refractivity contribution is 0.120. The first-order valence-corrected chi connectivity index (χ1v) is 5.29. The van der Waals surface area contributed by atoms with E-state index in [0.717, 1.165) is 13.3 Å². The molecule has 1 aromatic rings. The Kier molecular flexibility index (Phi) is 1.77. The first-order chi connectivity index (χ1) is 6.84. The highest BCUT2D eigenvalue weighted by Gasteiger charge is 2.22. The zero-order valence-electron chi connectivity index (χ0n) is 8.55. The zero-order chi connectivity index (χ0) is 9.54. The number of hydrogen-bond donors (Lipinski definition) is 0. The van der Waals surface area contributed by atoms with Gasteiger partial charge in [-0.15, -0.1) is 0 Å². The van der Waals surface area contributed by atoms with E-state index in [1.165, 1.54) is 41.7 Å². The predicted octanol–water partition coefficient (Wildman–Crippen LogP) is 1.96. The number of benzene rings is 1. The number of hydrogen-bond acceptors (Lipinski definition) is 2. The fourth-order valence-electron chi connectivity index (χ4n) is 2.50. The van der Waals surface area contributed by atoms with Crippen LogP contribution in [0.3, 0.4) is 0 Å². The highest BCUT2D eigenvalue weighted by Crippen LogP contribution is 2.36. The monoisotopic (exact) mass is 189 g/mol. The minimum Gasteiger partial charge on any atom is -0.478 e. The molecule has 0 N–H and O–H groups in total. The van der Waals surface area contributed by atoms with E-state index < -0.39 is 0 Å². The standard InChI is InChI=1S/C12H15NO/c1-13-7-10-6-5-9-3-2-4-11(9)12(10)14-8-13/h5-6H,2-4,7-8H2,1H3. The maximum Gasteiger partial charge on any atom is 0.142 e. The summed E-state index contributed by atoms with van der Waals surface area (Å²) in [6.45, 7) is 1.77. The van der Waals surface area contributed by atoms with Crippen molar-refractivity contribution < 1.29 is 4.74 Å². The molecule has 1 aliphatic carbocycles. The maximum atomic E-state index is 5.80. The molecule has 0 fully saturated rings. The fraction of sp³-hybridized carbons (Fsp3) is 0.500. The SMILES string of the molecule is CN1COc2c(ccc3c2CCC3)C1. The summed E-state index contributed by atoms with van der Waals surface area (Å²) in [4.78, 5) is 2.20. The second-order valence-corrected chi connectivity index (χ2v) is 4.33. The number of aryl methyl sites for hydroxylation is 1. The van der Waals surface area contributed by atoms with Crippen molar-refractivity contribution in [1.82, 2.24) is 4.90 Å². The van der Waals surface area contributed by atoms with Crippen LogP contribution < -0.4 is 4.74 Å². The molecule has 0 unspecified atom stereocenters. The van der Waals surface area contributed by atoms with Gasteiger partial charge in [-0.05, 0) is 37.4 Å². The normalized spacial score (nSPS) is 20.1. The summed E-state index contributed by atoms with van der Waals surface area (Å²) in [6.07, 6.45) is 3.75. The second-order valence-electron chi connectivity index (χ2n) is 4.33. The summed E-state index contributed by atoms with van der Waals surface area (Å²) < 4.78 is 5.80. The molecule has 1 aromatic carbocycles. The minimum absolute atomic E-state index is 0.740. The van der Waals surface area contributed by atoms with Crippen molar-refractivity contribution in [1.29, 1.82) is 0 Å². The summed E-state index contributed by atoms with van der Waals surface area (Å²) in [7, 11) is 2.09. The summed E-state index contributed by atoms with van der Waals surface area (Å²) in [5.41, 5.74) is 4.35. The van der Waals surface area contributed by atoms with Gasteiger partial charge in [0.05, 0.1) is 0 Å². The minimum atomic E-state index is 0.740. The molecule has 0 saturated heterocycles. The van der Waals surface area contributed by atoms with E-state index in [1.807, 2.05) is 0 Å². The van der Waals surface area contributed by atoms with Crippen LogP contribution in [0.25, 0.3) is 0 Å². The van der Waals surface area contributed by atoms with Crippen LogP contribution >= 0.6 is 0 Å². The molecular formula is C12H15NO. The maximum absolute atomic E-state index is 5.80. The first-order valence-electron chi connectivity index (χ1n) is 5.29. The highest BCUT2D eigenvalue weighted by atomic mass is 16.5.